The van der Waals surface area contributed by atoms with E-state index in [0.29, 0.717) is 25.1 Å². The average Bonchev–Trinajstić information content (AvgIpc) is 2.78. The number of anilines is 1. The van der Waals surface area contributed by atoms with Crippen LogP contribution in [0.25, 0.3) is 6.08 Å². The zero-order valence-electron chi connectivity index (χ0n) is 18.3. The van der Waals surface area contributed by atoms with E-state index in [-0.39, 0.29) is 22.8 Å². The van der Waals surface area contributed by atoms with E-state index < -0.39 is 16.0 Å². The zero-order chi connectivity index (χ0) is 23.1. The fourth-order valence-corrected chi connectivity index (χ4v) is 5.34. The van der Waals surface area contributed by atoms with Gasteiger partial charge in [0.2, 0.25) is 0 Å². The van der Waals surface area contributed by atoms with E-state index in [4.69, 9.17) is 5.11 Å². The Balaban J connectivity index is 1.91. The second-order valence-corrected chi connectivity index (χ2v) is 9.45. The molecule has 0 aromatic heterocycles. The number of carbonyl (C=O) groups is 1. The summed E-state index contributed by atoms with van der Waals surface area (Å²) in [7, 11) is -4.01. The van der Waals surface area contributed by atoms with Crippen LogP contribution < -0.4 is 4.72 Å². The topological polar surface area (TPSA) is 107 Å². The highest BCUT2D eigenvalue weighted by Gasteiger charge is 2.25. The number of hydrogen-bond acceptors (Lipinski definition) is 5. The minimum absolute atomic E-state index is 0.0430. The molecule has 0 bridgehead atoms. The van der Waals surface area contributed by atoms with E-state index in [0.717, 1.165) is 36.9 Å². The molecule has 0 atom stereocenters. The third-order valence-electron chi connectivity index (χ3n) is 5.72. The van der Waals surface area contributed by atoms with Crippen LogP contribution in [0.1, 0.15) is 46.8 Å². The van der Waals surface area contributed by atoms with Crippen molar-refractivity contribution >= 4 is 27.8 Å². The third kappa shape index (κ3) is 5.56. The maximum Gasteiger partial charge on any atom is 0.338 e. The van der Waals surface area contributed by atoms with E-state index in [2.05, 4.69) is 4.72 Å². The van der Waals surface area contributed by atoms with Crippen LogP contribution in [0, 0.1) is 0 Å². The lowest BCUT2D eigenvalue weighted by Gasteiger charge is -2.21. The number of nitrogens with one attached hydrogen (secondary N) is 1. The highest BCUT2D eigenvalue weighted by molar-refractivity contribution is 7.92. The van der Waals surface area contributed by atoms with Gasteiger partial charge in [-0.15, -0.1) is 0 Å². The van der Waals surface area contributed by atoms with Crippen LogP contribution in [-0.4, -0.2) is 55.7 Å². The molecule has 32 heavy (non-hydrogen) atoms. The van der Waals surface area contributed by atoms with Crippen LogP contribution >= 0.6 is 0 Å². The van der Waals surface area contributed by atoms with Gasteiger partial charge in [-0.3, -0.25) is 9.62 Å². The van der Waals surface area contributed by atoms with Crippen molar-refractivity contribution in [3.05, 3.63) is 64.7 Å². The summed E-state index contributed by atoms with van der Waals surface area (Å²) >= 11 is 0. The van der Waals surface area contributed by atoms with Gasteiger partial charge in [0, 0.05) is 13.1 Å². The Bertz CT molecular complexity index is 1100. The number of aryl methyl sites for hydroxylation is 1. The fraction of sp³-hybridized carbons (Fsp3) is 0.375. The standard InChI is InChI=1S/C24H30N2O5S/c1-2-26(16-17-27)15-7-10-19-9-4-6-12-22(19)32(30,31)25-21-14-13-18-8-3-5-11-20(18)23(21)24(28)29/h4,6-7,9-10,12-14,25,27H,2-3,5,8,11,15-17H2,1H3,(H,28,29)/b10-7-. The Morgan fingerprint density at radius 1 is 1.16 bits per heavy atom. The first-order valence-corrected chi connectivity index (χ1v) is 12.3. The van der Waals surface area contributed by atoms with Crippen molar-refractivity contribution in [3.8, 4) is 0 Å². The fourth-order valence-electron chi connectivity index (χ4n) is 4.07. The normalized spacial score (nSPS) is 14.0. The summed E-state index contributed by atoms with van der Waals surface area (Å²) in [5, 5.41) is 18.9. The van der Waals surface area contributed by atoms with Crippen molar-refractivity contribution in [1.29, 1.82) is 0 Å². The van der Waals surface area contributed by atoms with Crippen LogP contribution in [0.4, 0.5) is 5.69 Å². The maximum absolute atomic E-state index is 13.2. The molecule has 2 aromatic carbocycles. The number of carboxylic acid groups (broad SMARTS) is 1. The van der Waals surface area contributed by atoms with Gasteiger partial charge in [0.1, 0.15) is 0 Å². The SMILES string of the molecule is CCN(C/C=C\c1ccccc1S(=O)(=O)Nc1ccc2c(c1C(=O)O)CCCC2)CCO. The number of carboxylic acids is 1. The minimum Gasteiger partial charge on any atom is -0.478 e. The molecule has 1 aliphatic rings. The molecule has 0 aliphatic heterocycles. The molecule has 0 radical (unpaired) electrons. The van der Waals surface area contributed by atoms with Crippen LogP contribution in [0.5, 0.6) is 0 Å². The van der Waals surface area contributed by atoms with Gasteiger partial charge < -0.3 is 10.2 Å². The number of aliphatic hydroxyl groups excluding tert-OH is 1. The molecule has 1 aliphatic carbocycles. The number of rotatable bonds is 10. The smallest absolute Gasteiger partial charge is 0.338 e. The monoisotopic (exact) mass is 458 g/mol. The molecule has 8 heteroatoms. The van der Waals surface area contributed by atoms with E-state index in [1.165, 1.54) is 6.07 Å². The molecule has 7 nitrogen and oxygen atoms in total. The molecule has 0 unspecified atom stereocenters. The molecule has 0 spiro atoms. The lowest BCUT2D eigenvalue weighted by atomic mass is 9.87. The number of likely N-dealkylation sites (N-methyl/N-ethyl adjacent to an activating group) is 1. The maximum atomic E-state index is 13.2. The summed E-state index contributed by atoms with van der Waals surface area (Å²) in [5.74, 6) is -1.13. The summed E-state index contributed by atoms with van der Waals surface area (Å²) in [4.78, 5) is 14.1. The van der Waals surface area contributed by atoms with E-state index in [1.54, 1.807) is 30.3 Å². The average molecular weight is 459 g/mol. The zero-order valence-corrected chi connectivity index (χ0v) is 19.1. The quantitative estimate of drug-likeness (QED) is 0.504. The van der Waals surface area contributed by atoms with Crippen LogP contribution in [0.15, 0.2) is 47.4 Å². The molecule has 0 fully saturated rings. The van der Waals surface area contributed by atoms with Gasteiger partial charge in [-0.2, -0.15) is 0 Å². The second kappa shape index (κ2) is 10.8. The first kappa shape index (κ1) is 24.0. The van der Waals surface area contributed by atoms with E-state index in [9.17, 15) is 18.3 Å². The number of aliphatic hydroxyl groups is 1. The second-order valence-electron chi connectivity index (χ2n) is 7.80. The van der Waals surface area contributed by atoms with Crippen molar-refractivity contribution in [2.45, 2.75) is 37.5 Å². The van der Waals surface area contributed by atoms with Crippen molar-refractivity contribution in [2.24, 2.45) is 0 Å². The van der Waals surface area contributed by atoms with Crippen molar-refractivity contribution in [1.82, 2.24) is 4.90 Å². The van der Waals surface area contributed by atoms with Gasteiger partial charge in [-0.1, -0.05) is 43.3 Å². The Morgan fingerprint density at radius 3 is 2.62 bits per heavy atom. The number of fused-ring (bicyclic) bond motifs is 1. The predicted octanol–water partition coefficient (Wildman–Crippen LogP) is 3.39. The Morgan fingerprint density at radius 2 is 1.91 bits per heavy atom. The summed E-state index contributed by atoms with van der Waals surface area (Å²) < 4.78 is 29.0. The van der Waals surface area contributed by atoms with Crippen molar-refractivity contribution < 1.29 is 23.4 Å². The minimum atomic E-state index is -4.01. The molecule has 3 rings (SSSR count). The molecule has 0 saturated carbocycles. The Kier molecular flexibility index (Phi) is 8.06. The number of benzene rings is 2. The number of sulfonamides is 1. The molecule has 3 N–H and O–H groups in total. The molecular weight excluding hydrogens is 428 g/mol. The van der Waals surface area contributed by atoms with Crippen LogP contribution in [0.3, 0.4) is 0 Å². The largest absolute Gasteiger partial charge is 0.478 e. The first-order valence-electron chi connectivity index (χ1n) is 10.9. The summed E-state index contributed by atoms with van der Waals surface area (Å²) in [5.41, 5.74) is 2.34. The third-order valence-corrected chi connectivity index (χ3v) is 7.16. The number of nitrogens with zero attached hydrogens (tertiary/aromatic N) is 1. The van der Waals surface area contributed by atoms with Gasteiger partial charge >= 0.3 is 5.97 Å². The molecule has 172 valence electrons. The Labute approximate surface area is 189 Å². The van der Waals surface area contributed by atoms with E-state index in [1.807, 2.05) is 24.0 Å². The molecule has 0 heterocycles. The van der Waals surface area contributed by atoms with Gasteiger partial charge in [0.05, 0.1) is 22.8 Å². The van der Waals surface area contributed by atoms with Crippen LogP contribution in [0.2, 0.25) is 0 Å². The highest BCUT2D eigenvalue weighted by atomic mass is 32.2. The molecule has 0 saturated heterocycles. The Hall–Kier alpha value is -2.68. The molecule has 0 amide bonds. The summed E-state index contributed by atoms with van der Waals surface area (Å²) in [6, 6.07) is 9.99. The van der Waals surface area contributed by atoms with Crippen LogP contribution in [-0.2, 0) is 22.9 Å². The van der Waals surface area contributed by atoms with Crippen molar-refractivity contribution in [3.63, 3.8) is 0 Å². The van der Waals surface area contributed by atoms with Gasteiger partial charge in [-0.25, -0.2) is 13.2 Å². The van der Waals surface area contributed by atoms with Gasteiger partial charge in [0.15, 0.2) is 0 Å². The lowest BCUT2D eigenvalue weighted by molar-refractivity contribution is 0.0696. The van der Waals surface area contributed by atoms with E-state index >= 15 is 0 Å². The molecule has 2 aromatic rings. The lowest BCUT2D eigenvalue weighted by Crippen LogP contribution is -2.26. The number of aromatic carboxylic acids is 1. The van der Waals surface area contributed by atoms with Gasteiger partial charge in [0.25, 0.3) is 10.0 Å². The summed E-state index contributed by atoms with van der Waals surface area (Å²) in [6.45, 7) is 3.93. The summed E-state index contributed by atoms with van der Waals surface area (Å²) in [6.07, 6.45) is 6.93. The highest BCUT2D eigenvalue weighted by Crippen LogP contribution is 2.31. The van der Waals surface area contributed by atoms with Crippen molar-refractivity contribution in [2.75, 3.05) is 31.0 Å². The number of hydrogen-bond donors (Lipinski definition) is 3. The first-order chi connectivity index (χ1) is 15.4. The predicted molar refractivity (Wildman–Crippen MR) is 126 cm³/mol. The van der Waals surface area contributed by atoms with Gasteiger partial charge in [-0.05, 0) is 61.1 Å². The molecular formula is C24H30N2O5S.